The second kappa shape index (κ2) is 3.03. The maximum absolute atomic E-state index is 5.53. The number of rotatable bonds is 0. The predicted molar refractivity (Wildman–Crippen MR) is 61.4 cm³/mol. The van der Waals surface area contributed by atoms with Crippen LogP contribution in [0.3, 0.4) is 0 Å². The zero-order valence-electron chi connectivity index (χ0n) is 6.40. The minimum Gasteiger partial charge on any atom is -0.460 e. The van der Waals surface area contributed by atoms with E-state index in [1.165, 1.54) is 3.57 Å². The van der Waals surface area contributed by atoms with E-state index in [0.717, 1.165) is 21.2 Å². The van der Waals surface area contributed by atoms with Crippen LogP contribution in [0.4, 0.5) is 0 Å². The third kappa shape index (κ3) is 1.29. The Morgan fingerprint density at radius 1 is 1.42 bits per heavy atom. The summed E-state index contributed by atoms with van der Waals surface area (Å²) in [5, 5.41) is 1.15. The molecule has 0 saturated heterocycles. The van der Waals surface area contributed by atoms with Crippen LogP contribution in [-0.4, -0.2) is 0 Å². The Morgan fingerprint density at radius 3 is 2.92 bits per heavy atom. The number of benzene rings is 1. The van der Waals surface area contributed by atoms with E-state index in [0.29, 0.717) is 0 Å². The van der Waals surface area contributed by atoms with E-state index in [1.807, 2.05) is 13.0 Å². The topological polar surface area (TPSA) is 13.1 Å². The molecule has 0 aliphatic heterocycles. The van der Waals surface area contributed by atoms with Gasteiger partial charge in [-0.05, 0) is 63.6 Å². The molecule has 1 heterocycles. The van der Waals surface area contributed by atoms with Gasteiger partial charge < -0.3 is 4.42 Å². The molecule has 0 atom stereocenters. The fourth-order valence-corrected chi connectivity index (χ4v) is 2.04. The van der Waals surface area contributed by atoms with Crippen molar-refractivity contribution in [3.8, 4) is 0 Å². The van der Waals surface area contributed by atoms with Crippen molar-refractivity contribution in [2.75, 3.05) is 0 Å². The molecule has 0 spiro atoms. The van der Waals surface area contributed by atoms with Gasteiger partial charge in [0.05, 0.1) is 4.47 Å². The standard InChI is InChI=1S/C9H6BrIO/c1-5-4-6-2-3-7(11)8(10)9(6)12-5/h2-4H,1H3. The van der Waals surface area contributed by atoms with Crippen molar-refractivity contribution >= 4 is 49.5 Å². The van der Waals surface area contributed by atoms with Gasteiger partial charge in [0.15, 0.2) is 0 Å². The maximum Gasteiger partial charge on any atom is 0.149 e. The van der Waals surface area contributed by atoms with Gasteiger partial charge >= 0.3 is 0 Å². The number of halogens is 2. The minimum absolute atomic E-state index is 0.944. The van der Waals surface area contributed by atoms with E-state index in [2.05, 4.69) is 50.7 Å². The monoisotopic (exact) mass is 336 g/mol. The molecule has 1 nitrogen and oxygen atoms in total. The first kappa shape index (κ1) is 8.56. The smallest absolute Gasteiger partial charge is 0.149 e. The van der Waals surface area contributed by atoms with Crippen LogP contribution in [-0.2, 0) is 0 Å². The van der Waals surface area contributed by atoms with Crippen molar-refractivity contribution in [2.24, 2.45) is 0 Å². The highest BCUT2D eigenvalue weighted by Gasteiger charge is 2.06. The molecule has 0 unspecified atom stereocenters. The fourth-order valence-electron chi connectivity index (χ4n) is 1.17. The van der Waals surface area contributed by atoms with Gasteiger partial charge in [0.1, 0.15) is 11.3 Å². The van der Waals surface area contributed by atoms with Gasteiger partial charge in [-0.3, -0.25) is 0 Å². The lowest BCUT2D eigenvalue weighted by Gasteiger charge is -1.94. The van der Waals surface area contributed by atoms with Gasteiger partial charge in [0, 0.05) is 8.96 Å². The molecule has 0 aliphatic carbocycles. The van der Waals surface area contributed by atoms with Crippen LogP contribution in [0.1, 0.15) is 5.76 Å². The largest absolute Gasteiger partial charge is 0.460 e. The summed E-state index contributed by atoms with van der Waals surface area (Å²) in [4.78, 5) is 0. The normalized spacial score (nSPS) is 10.9. The Kier molecular flexibility index (Phi) is 2.16. The molecular weight excluding hydrogens is 331 g/mol. The Bertz CT molecular complexity index is 433. The van der Waals surface area contributed by atoms with Gasteiger partial charge in [0.2, 0.25) is 0 Å². The highest BCUT2D eigenvalue weighted by atomic mass is 127. The van der Waals surface area contributed by atoms with E-state index in [4.69, 9.17) is 4.42 Å². The number of aryl methyl sites for hydroxylation is 1. The molecule has 12 heavy (non-hydrogen) atoms. The first-order valence-electron chi connectivity index (χ1n) is 3.52. The summed E-state index contributed by atoms with van der Waals surface area (Å²) in [7, 11) is 0. The second-order valence-electron chi connectivity index (χ2n) is 2.64. The molecule has 0 saturated carbocycles. The molecular formula is C9H6BrIO. The number of hydrogen-bond acceptors (Lipinski definition) is 1. The van der Waals surface area contributed by atoms with Crippen LogP contribution in [0.2, 0.25) is 0 Å². The molecule has 1 aromatic heterocycles. The Balaban J connectivity index is 2.89. The van der Waals surface area contributed by atoms with Gasteiger partial charge in [0.25, 0.3) is 0 Å². The third-order valence-corrected chi connectivity index (χ3v) is 4.13. The van der Waals surface area contributed by atoms with Crippen molar-refractivity contribution in [2.45, 2.75) is 6.92 Å². The molecule has 0 N–H and O–H groups in total. The average molecular weight is 337 g/mol. The lowest BCUT2D eigenvalue weighted by atomic mass is 10.2. The Labute approximate surface area is 92.4 Å². The number of hydrogen-bond donors (Lipinski definition) is 0. The molecule has 0 fully saturated rings. The maximum atomic E-state index is 5.53. The Hall–Kier alpha value is -0.0300. The summed E-state index contributed by atoms with van der Waals surface area (Å²) < 4.78 is 7.75. The van der Waals surface area contributed by atoms with E-state index >= 15 is 0 Å². The van der Waals surface area contributed by atoms with Crippen LogP contribution in [0, 0.1) is 10.5 Å². The Morgan fingerprint density at radius 2 is 2.17 bits per heavy atom. The molecule has 62 valence electrons. The SMILES string of the molecule is Cc1cc2ccc(I)c(Br)c2o1. The van der Waals surface area contributed by atoms with Crippen molar-refractivity contribution in [3.63, 3.8) is 0 Å². The van der Waals surface area contributed by atoms with E-state index in [-0.39, 0.29) is 0 Å². The summed E-state index contributed by atoms with van der Waals surface area (Å²) in [6, 6.07) is 6.18. The van der Waals surface area contributed by atoms with Gasteiger partial charge in [-0.25, -0.2) is 0 Å². The fraction of sp³-hybridized carbons (Fsp3) is 0.111. The first-order chi connectivity index (χ1) is 5.68. The van der Waals surface area contributed by atoms with Crippen LogP contribution >= 0.6 is 38.5 Å². The molecule has 0 amide bonds. The predicted octanol–water partition coefficient (Wildman–Crippen LogP) is 4.11. The van der Waals surface area contributed by atoms with Crippen LogP contribution < -0.4 is 0 Å². The zero-order chi connectivity index (χ0) is 8.72. The summed E-state index contributed by atoms with van der Waals surface area (Å²) in [5.41, 5.74) is 0.944. The van der Waals surface area contributed by atoms with Gasteiger partial charge in [-0.2, -0.15) is 0 Å². The summed E-state index contributed by atoms with van der Waals surface area (Å²) in [5.74, 6) is 0.952. The third-order valence-electron chi connectivity index (χ3n) is 1.70. The van der Waals surface area contributed by atoms with Crippen molar-refractivity contribution in [1.82, 2.24) is 0 Å². The number of furan rings is 1. The summed E-state index contributed by atoms with van der Waals surface area (Å²) in [6.45, 7) is 1.96. The lowest BCUT2D eigenvalue weighted by molar-refractivity contribution is 0.576. The van der Waals surface area contributed by atoms with Crippen LogP contribution in [0.5, 0.6) is 0 Å². The molecule has 2 aromatic rings. The van der Waals surface area contributed by atoms with Crippen LogP contribution in [0.25, 0.3) is 11.0 Å². The van der Waals surface area contributed by atoms with Crippen LogP contribution in [0.15, 0.2) is 27.1 Å². The van der Waals surface area contributed by atoms with Gasteiger partial charge in [-0.15, -0.1) is 0 Å². The van der Waals surface area contributed by atoms with E-state index in [1.54, 1.807) is 0 Å². The van der Waals surface area contributed by atoms with Crippen molar-refractivity contribution < 1.29 is 4.42 Å². The van der Waals surface area contributed by atoms with Crippen molar-refractivity contribution in [3.05, 3.63) is 32.0 Å². The molecule has 1 aromatic carbocycles. The quantitative estimate of drug-likeness (QED) is 0.660. The van der Waals surface area contributed by atoms with Gasteiger partial charge in [-0.1, -0.05) is 0 Å². The second-order valence-corrected chi connectivity index (χ2v) is 4.59. The number of fused-ring (bicyclic) bond motifs is 1. The zero-order valence-corrected chi connectivity index (χ0v) is 10.1. The van der Waals surface area contributed by atoms with E-state index in [9.17, 15) is 0 Å². The first-order valence-corrected chi connectivity index (χ1v) is 5.40. The lowest BCUT2D eigenvalue weighted by Crippen LogP contribution is -1.73. The summed E-state index contributed by atoms with van der Waals surface area (Å²) in [6.07, 6.45) is 0. The molecule has 0 bridgehead atoms. The minimum atomic E-state index is 0.944. The highest BCUT2D eigenvalue weighted by Crippen LogP contribution is 2.30. The van der Waals surface area contributed by atoms with E-state index < -0.39 is 0 Å². The highest BCUT2D eigenvalue weighted by molar-refractivity contribution is 14.1. The average Bonchev–Trinajstić information content (AvgIpc) is 2.39. The molecule has 0 radical (unpaired) electrons. The molecule has 2 rings (SSSR count). The molecule has 0 aliphatic rings. The van der Waals surface area contributed by atoms with Crippen molar-refractivity contribution in [1.29, 1.82) is 0 Å². The molecule has 3 heteroatoms. The summed E-state index contributed by atoms with van der Waals surface area (Å²) >= 11 is 5.77.